The average molecular weight is 325 g/mol. The predicted molar refractivity (Wildman–Crippen MR) is 79.7 cm³/mol. The second-order valence-electron chi connectivity index (χ2n) is 4.53. The number of benzene rings is 1. The van der Waals surface area contributed by atoms with Gasteiger partial charge in [-0.3, -0.25) is 0 Å². The Kier molecular flexibility index (Phi) is 6.08. The quantitative estimate of drug-likeness (QED) is 0.895. The fraction of sp³-hybridized carbons (Fsp3) is 0.500. The van der Waals surface area contributed by atoms with Gasteiger partial charge in [0, 0.05) is 6.04 Å². The van der Waals surface area contributed by atoms with E-state index >= 15 is 0 Å². The first-order chi connectivity index (χ1) is 8.50. The van der Waals surface area contributed by atoms with Crippen molar-refractivity contribution in [3.05, 3.63) is 28.8 Å². The van der Waals surface area contributed by atoms with Crippen LogP contribution in [-0.4, -0.2) is 27.5 Å². The van der Waals surface area contributed by atoms with Gasteiger partial charge in [-0.15, -0.1) is 12.4 Å². The molecule has 1 saturated heterocycles. The lowest BCUT2D eigenvalue weighted by molar-refractivity contribution is 0.427. The summed E-state index contributed by atoms with van der Waals surface area (Å²) in [6, 6.07) is 5.04. The zero-order chi connectivity index (χ0) is 13.2. The van der Waals surface area contributed by atoms with Crippen molar-refractivity contribution in [2.24, 2.45) is 0 Å². The highest BCUT2D eigenvalue weighted by Crippen LogP contribution is 2.25. The normalized spacial score (nSPS) is 16.9. The van der Waals surface area contributed by atoms with E-state index < -0.39 is 10.0 Å². The summed E-state index contributed by atoms with van der Waals surface area (Å²) in [4.78, 5) is 0.169. The van der Waals surface area contributed by atoms with E-state index in [9.17, 15) is 8.42 Å². The Bertz CT molecular complexity index is 529. The van der Waals surface area contributed by atoms with Crippen LogP contribution in [0, 0.1) is 6.92 Å². The molecule has 2 N–H and O–H groups in total. The Labute approximate surface area is 125 Å². The van der Waals surface area contributed by atoms with Crippen molar-refractivity contribution in [1.82, 2.24) is 10.0 Å². The number of sulfonamides is 1. The van der Waals surface area contributed by atoms with Crippen LogP contribution in [0.4, 0.5) is 0 Å². The van der Waals surface area contributed by atoms with Crippen LogP contribution in [0.5, 0.6) is 0 Å². The molecular formula is C12H18Cl2N2O2S. The molecule has 0 amide bonds. The fourth-order valence-corrected chi connectivity index (χ4v) is 3.94. The van der Waals surface area contributed by atoms with Gasteiger partial charge >= 0.3 is 0 Å². The number of nitrogens with one attached hydrogen (secondary N) is 2. The topological polar surface area (TPSA) is 58.2 Å². The summed E-state index contributed by atoms with van der Waals surface area (Å²) in [6.45, 7) is 3.48. The first kappa shape index (κ1) is 16.7. The minimum absolute atomic E-state index is 0. The maximum Gasteiger partial charge on any atom is 0.242 e. The minimum atomic E-state index is -3.52. The van der Waals surface area contributed by atoms with Gasteiger partial charge in [0.15, 0.2) is 0 Å². The summed E-state index contributed by atoms with van der Waals surface area (Å²) >= 11 is 6.06. The van der Waals surface area contributed by atoms with E-state index in [-0.39, 0.29) is 23.3 Å². The van der Waals surface area contributed by atoms with Gasteiger partial charge in [-0.1, -0.05) is 23.7 Å². The molecule has 0 aromatic heterocycles. The maximum atomic E-state index is 12.3. The lowest BCUT2D eigenvalue weighted by Crippen LogP contribution is -2.42. The molecule has 1 aliphatic rings. The van der Waals surface area contributed by atoms with E-state index in [1.54, 1.807) is 25.1 Å². The van der Waals surface area contributed by atoms with Crippen LogP contribution >= 0.6 is 24.0 Å². The first-order valence-corrected chi connectivity index (χ1v) is 7.85. The molecule has 2 rings (SSSR count). The second kappa shape index (κ2) is 6.90. The van der Waals surface area contributed by atoms with Crippen LogP contribution in [0.1, 0.15) is 18.4 Å². The van der Waals surface area contributed by atoms with Crippen molar-refractivity contribution in [3.8, 4) is 0 Å². The fourth-order valence-electron chi connectivity index (χ4n) is 2.05. The largest absolute Gasteiger partial charge is 0.317 e. The Hall–Kier alpha value is -0.330. The molecule has 0 aliphatic carbocycles. The molecule has 4 nitrogen and oxygen atoms in total. The number of hydrogen-bond acceptors (Lipinski definition) is 3. The van der Waals surface area contributed by atoms with Gasteiger partial charge in [0.25, 0.3) is 0 Å². The molecule has 19 heavy (non-hydrogen) atoms. The molecule has 1 heterocycles. The lowest BCUT2D eigenvalue weighted by Gasteiger charge is -2.23. The molecule has 0 unspecified atom stereocenters. The van der Waals surface area contributed by atoms with E-state index in [1.165, 1.54) is 0 Å². The first-order valence-electron chi connectivity index (χ1n) is 5.99. The predicted octanol–water partition coefficient (Wildman–Crippen LogP) is 2.10. The summed E-state index contributed by atoms with van der Waals surface area (Å²) in [5, 5.41) is 3.50. The van der Waals surface area contributed by atoms with Crippen LogP contribution < -0.4 is 10.0 Å². The van der Waals surface area contributed by atoms with Crippen molar-refractivity contribution in [2.75, 3.05) is 13.1 Å². The molecule has 7 heteroatoms. The highest BCUT2D eigenvalue weighted by atomic mass is 35.5. The number of rotatable bonds is 3. The zero-order valence-corrected chi connectivity index (χ0v) is 13.0. The molecule has 0 radical (unpaired) electrons. The smallest absolute Gasteiger partial charge is 0.242 e. The summed E-state index contributed by atoms with van der Waals surface area (Å²) in [6.07, 6.45) is 1.62. The van der Waals surface area contributed by atoms with Crippen LogP contribution in [0.2, 0.25) is 5.02 Å². The highest BCUT2D eigenvalue weighted by Gasteiger charge is 2.23. The summed E-state index contributed by atoms with van der Waals surface area (Å²) in [7, 11) is -3.52. The van der Waals surface area contributed by atoms with Gasteiger partial charge in [0.1, 0.15) is 4.90 Å². The zero-order valence-electron chi connectivity index (χ0n) is 10.6. The molecule has 108 valence electrons. The van der Waals surface area contributed by atoms with Crippen molar-refractivity contribution in [3.63, 3.8) is 0 Å². The van der Waals surface area contributed by atoms with Crippen molar-refractivity contribution >= 4 is 34.0 Å². The van der Waals surface area contributed by atoms with E-state index in [2.05, 4.69) is 10.0 Å². The Morgan fingerprint density at radius 2 is 1.95 bits per heavy atom. The number of hydrogen-bond donors (Lipinski definition) is 2. The summed E-state index contributed by atoms with van der Waals surface area (Å²) in [5.74, 6) is 0. The average Bonchev–Trinajstić information content (AvgIpc) is 2.33. The van der Waals surface area contributed by atoms with Crippen molar-refractivity contribution < 1.29 is 8.42 Å². The van der Waals surface area contributed by atoms with E-state index in [1.807, 2.05) is 0 Å². The molecule has 0 spiro atoms. The Morgan fingerprint density at radius 1 is 1.32 bits per heavy atom. The third-order valence-corrected chi connectivity index (χ3v) is 5.28. The van der Waals surface area contributed by atoms with Gasteiger partial charge in [0.2, 0.25) is 10.0 Å². The van der Waals surface area contributed by atoms with Gasteiger partial charge in [-0.25, -0.2) is 13.1 Å². The van der Waals surface area contributed by atoms with Crippen LogP contribution in [0.25, 0.3) is 0 Å². The van der Waals surface area contributed by atoms with Gasteiger partial charge in [-0.05, 0) is 44.5 Å². The third kappa shape index (κ3) is 4.07. The molecule has 0 atom stereocenters. The maximum absolute atomic E-state index is 12.3. The van der Waals surface area contributed by atoms with E-state index in [0.717, 1.165) is 31.5 Å². The van der Waals surface area contributed by atoms with Crippen molar-refractivity contribution in [1.29, 1.82) is 0 Å². The van der Waals surface area contributed by atoms with Gasteiger partial charge < -0.3 is 5.32 Å². The van der Waals surface area contributed by atoms with E-state index in [0.29, 0.717) is 5.02 Å². The minimum Gasteiger partial charge on any atom is -0.317 e. The molecule has 1 aromatic carbocycles. The number of aryl methyl sites for hydroxylation is 1. The van der Waals surface area contributed by atoms with Crippen LogP contribution in [0.3, 0.4) is 0 Å². The van der Waals surface area contributed by atoms with Crippen molar-refractivity contribution in [2.45, 2.75) is 30.7 Å². The summed E-state index contributed by atoms with van der Waals surface area (Å²) < 4.78 is 27.2. The second-order valence-corrected chi connectivity index (χ2v) is 6.59. The van der Waals surface area contributed by atoms with Gasteiger partial charge in [0.05, 0.1) is 5.02 Å². The molecule has 0 bridgehead atoms. The molecule has 1 aliphatic heterocycles. The standard InChI is InChI=1S/C12H17ClN2O2S.ClH/c1-9-3-2-4-11(12(9)13)18(16,17)15-10-5-7-14-8-6-10;/h2-4,10,14-15H,5-8H2,1H3;1H. The monoisotopic (exact) mass is 324 g/mol. The Morgan fingerprint density at radius 3 is 2.58 bits per heavy atom. The van der Waals surface area contributed by atoms with Crippen LogP contribution in [-0.2, 0) is 10.0 Å². The SMILES string of the molecule is Cc1cccc(S(=O)(=O)NC2CCNCC2)c1Cl.Cl. The third-order valence-electron chi connectivity index (χ3n) is 3.11. The van der Waals surface area contributed by atoms with E-state index in [4.69, 9.17) is 11.6 Å². The Balaban J connectivity index is 0.00000180. The number of halogens is 2. The van der Waals surface area contributed by atoms with Gasteiger partial charge in [-0.2, -0.15) is 0 Å². The lowest BCUT2D eigenvalue weighted by atomic mass is 10.1. The van der Waals surface area contributed by atoms with Crippen LogP contribution in [0.15, 0.2) is 23.1 Å². The molecule has 1 aromatic rings. The molecular weight excluding hydrogens is 307 g/mol. The molecule has 1 fully saturated rings. The summed E-state index contributed by atoms with van der Waals surface area (Å²) in [5.41, 5.74) is 0.768. The highest BCUT2D eigenvalue weighted by molar-refractivity contribution is 7.89. The number of piperidine rings is 1. The molecule has 0 saturated carbocycles.